The lowest BCUT2D eigenvalue weighted by Crippen LogP contribution is -1.93. The molecule has 0 saturated heterocycles. The number of halogens is 1. The molecule has 0 aliphatic heterocycles. The lowest BCUT2D eigenvalue weighted by atomic mass is 11.3. The van der Waals surface area contributed by atoms with Crippen molar-refractivity contribution in [3.05, 3.63) is 5.28 Å². The molecule has 6 heteroatoms. The van der Waals surface area contributed by atoms with Gasteiger partial charge in [0.1, 0.15) is 0 Å². The number of thioether (sulfide) groups is 1. The molecule has 1 aromatic heterocycles. The van der Waals surface area contributed by atoms with Gasteiger partial charge >= 0.3 is 0 Å². The maximum absolute atomic E-state index is 5.31. The average molecular weight is 163 g/mol. The smallest absolute Gasteiger partial charge is 0.118 e. The molecule has 0 saturated carbocycles. The van der Waals surface area contributed by atoms with Gasteiger partial charge in [-0.3, -0.25) is 0 Å². The van der Waals surface area contributed by atoms with Crippen LogP contribution in [0.5, 0.6) is 0 Å². The predicted molar refractivity (Wildman–Crippen MR) is 34.4 cm³/mol. The fourth-order valence-corrected chi connectivity index (χ4v) is 0.610. The van der Waals surface area contributed by atoms with Gasteiger partial charge in [0.15, 0.2) is 0 Å². The van der Waals surface area contributed by atoms with Gasteiger partial charge in [-0.05, 0) is 17.9 Å². The third-order valence-corrected chi connectivity index (χ3v) is 1.30. The molecular weight excluding hydrogens is 160 g/mol. The summed E-state index contributed by atoms with van der Waals surface area (Å²) < 4.78 is 0. The van der Waals surface area contributed by atoms with Crippen LogP contribution in [0.2, 0.25) is 5.28 Å². The molecule has 4 nitrogen and oxygen atoms in total. The number of nitrogens with zero attached hydrogens (tertiary/aromatic N) is 4. The first-order valence-corrected chi connectivity index (χ1v) is 3.70. The van der Waals surface area contributed by atoms with E-state index in [2.05, 4.69) is 20.4 Å². The third kappa shape index (κ3) is 1.76. The molecule has 0 N–H and O–H groups in total. The summed E-state index contributed by atoms with van der Waals surface area (Å²) in [6, 6.07) is 0. The second-order valence-electron chi connectivity index (χ2n) is 1.16. The summed E-state index contributed by atoms with van der Waals surface area (Å²) in [5.41, 5.74) is 0. The Morgan fingerprint density at radius 3 is 2.22 bits per heavy atom. The van der Waals surface area contributed by atoms with Gasteiger partial charge in [0.25, 0.3) is 5.28 Å². The minimum atomic E-state index is 0.0767. The zero-order valence-electron chi connectivity index (χ0n) is 4.58. The van der Waals surface area contributed by atoms with E-state index in [1.807, 2.05) is 6.26 Å². The van der Waals surface area contributed by atoms with Crippen molar-refractivity contribution < 1.29 is 0 Å². The Morgan fingerprint density at radius 1 is 1.22 bits per heavy atom. The normalized spacial score (nSPS) is 9.56. The maximum atomic E-state index is 5.31. The van der Waals surface area contributed by atoms with E-state index in [-0.39, 0.29) is 5.28 Å². The van der Waals surface area contributed by atoms with Crippen molar-refractivity contribution in [3.63, 3.8) is 0 Å². The highest BCUT2D eigenvalue weighted by Gasteiger charge is 1.93. The minimum Gasteiger partial charge on any atom is -0.118 e. The highest BCUT2D eigenvalue weighted by molar-refractivity contribution is 7.98. The van der Waals surface area contributed by atoms with Crippen LogP contribution in [0.4, 0.5) is 0 Å². The number of rotatable bonds is 1. The summed E-state index contributed by atoms with van der Waals surface area (Å²) in [4.78, 5) is 0. The Kier molecular flexibility index (Phi) is 2.18. The topological polar surface area (TPSA) is 51.6 Å². The summed E-state index contributed by atoms with van der Waals surface area (Å²) in [6.45, 7) is 0. The van der Waals surface area contributed by atoms with Crippen molar-refractivity contribution >= 4 is 23.4 Å². The summed E-state index contributed by atoms with van der Waals surface area (Å²) >= 11 is 6.68. The molecule has 1 aromatic rings. The molecule has 0 aromatic carbocycles. The van der Waals surface area contributed by atoms with Crippen LogP contribution >= 0.6 is 23.4 Å². The molecule has 0 unspecified atom stereocenters. The number of hydrogen-bond donors (Lipinski definition) is 0. The highest BCUT2D eigenvalue weighted by atomic mass is 35.5. The van der Waals surface area contributed by atoms with Crippen LogP contribution in [-0.4, -0.2) is 26.7 Å². The lowest BCUT2D eigenvalue weighted by molar-refractivity contribution is 0.747. The van der Waals surface area contributed by atoms with E-state index in [1.165, 1.54) is 11.8 Å². The first kappa shape index (κ1) is 6.70. The van der Waals surface area contributed by atoms with Gasteiger partial charge in [-0.15, -0.1) is 20.4 Å². The molecule has 0 aliphatic carbocycles. The first-order chi connectivity index (χ1) is 4.33. The van der Waals surface area contributed by atoms with Crippen LogP contribution < -0.4 is 0 Å². The first-order valence-electron chi connectivity index (χ1n) is 2.10. The van der Waals surface area contributed by atoms with E-state index in [1.54, 1.807) is 0 Å². The van der Waals surface area contributed by atoms with E-state index in [4.69, 9.17) is 11.6 Å². The third-order valence-electron chi connectivity index (χ3n) is 0.619. The van der Waals surface area contributed by atoms with Crippen LogP contribution in [0.15, 0.2) is 5.16 Å². The van der Waals surface area contributed by atoms with Gasteiger partial charge in [-0.1, -0.05) is 11.8 Å². The Balaban J connectivity index is 2.88. The quantitative estimate of drug-likeness (QED) is 0.568. The molecular formula is C3H3ClN4S. The predicted octanol–water partition coefficient (Wildman–Crippen LogP) is 0.642. The van der Waals surface area contributed by atoms with Crippen LogP contribution in [0.3, 0.4) is 0 Å². The van der Waals surface area contributed by atoms with Crippen LogP contribution in [0.25, 0.3) is 0 Å². The van der Waals surface area contributed by atoms with Gasteiger partial charge in [0, 0.05) is 0 Å². The summed E-state index contributed by atoms with van der Waals surface area (Å²) in [5, 5.41) is 14.8. The Bertz CT molecular complexity index is 188. The molecule has 1 heterocycles. The molecule has 1 rings (SSSR count). The Hall–Kier alpha value is -0.420. The zero-order valence-corrected chi connectivity index (χ0v) is 6.15. The number of hydrogen-bond acceptors (Lipinski definition) is 5. The van der Waals surface area contributed by atoms with Crippen molar-refractivity contribution in [1.29, 1.82) is 0 Å². The van der Waals surface area contributed by atoms with Crippen molar-refractivity contribution in [2.75, 3.05) is 6.26 Å². The molecule has 48 valence electrons. The van der Waals surface area contributed by atoms with Crippen molar-refractivity contribution in [1.82, 2.24) is 20.4 Å². The van der Waals surface area contributed by atoms with E-state index in [0.717, 1.165) is 0 Å². The Morgan fingerprint density at radius 2 is 1.78 bits per heavy atom. The molecule has 0 fully saturated rings. The molecule has 0 spiro atoms. The average Bonchev–Trinajstić information content (AvgIpc) is 1.90. The standard InChI is InChI=1S/C3H3ClN4S/c1-9-3-7-5-2(4)6-8-3/h1H3. The van der Waals surface area contributed by atoms with Crippen LogP contribution in [0.1, 0.15) is 0 Å². The van der Waals surface area contributed by atoms with Crippen molar-refractivity contribution in [2.24, 2.45) is 0 Å². The highest BCUT2D eigenvalue weighted by Crippen LogP contribution is 2.03. The van der Waals surface area contributed by atoms with Gasteiger partial charge in [0.2, 0.25) is 5.16 Å². The van der Waals surface area contributed by atoms with Crippen molar-refractivity contribution in [2.45, 2.75) is 5.16 Å². The molecule has 0 radical (unpaired) electrons. The largest absolute Gasteiger partial charge is 0.262 e. The summed E-state index contributed by atoms with van der Waals surface area (Å²) in [5.74, 6) is 0. The van der Waals surface area contributed by atoms with E-state index in [9.17, 15) is 0 Å². The molecule has 9 heavy (non-hydrogen) atoms. The number of aromatic nitrogens is 4. The Labute approximate surface area is 61.0 Å². The molecule has 0 atom stereocenters. The van der Waals surface area contributed by atoms with Gasteiger partial charge in [-0.2, -0.15) is 0 Å². The molecule has 0 aliphatic rings. The minimum absolute atomic E-state index is 0.0767. The van der Waals surface area contributed by atoms with Gasteiger partial charge in [0.05, 0.1) is 0 Å². The fourth-order valence-electron chi connectivity index (χ4n) is 0.290. The van der Waals surface area contributed by atoms with Gasteiger partial charge in [-0.25, -0.2) is 0 Å². The van der Waals surface area contributed by atoms with E-state index < -0.39 is 0 Å². The van der Waals surface area contributed by atoms with Crippen LogP contribution in [0, 0.1) is 0 Å². The second kappa shape index (κ2) is 2.93. The second-order valence-corrected chi connectivity index (χ2v) is 2.27. The lowest BCUT2D eigenvalue weighted by Gasteiger charge is -1.87. The maximum Gasteiger partial charge on any atom is 0.262 e. The van der Waals surface area contributed by atoms with E-state index in [0.29, 0.717) is 5.16 Å². The van der Waals surface area contributed by atoms with Crippen molar-refractivity contribution in [3.8, 4) is 0 Å². The SMILES string of the molecule is CSc1nnc(Cl)nn1. The fraction of sp³-hybridized carbons (Fsp3) is 0.333. The molecule has 0 amide bonds. The van der Waals surface area contributed by atoms with Gasteiger partial charge < -0.3 is 0 Å². The summed E-state index contributed by atoms with van der Waals surface area (Å²) in [7, 11) is 0. The summed E-state index contributed by atoms with van der Waals surface area (Å²) in [6.07, 6.45) is 1.84. The monoisotopic (exact) mass is 162 g/mol. The zero-order chi connectivity index (χ0) is 6.69. The van der Waals surface area contributed by atoms with Crippen LogP contribution in [-0.2, 0) is 0 Å². The van der Waals surface area contributed by atoms with E-state index >= 15 is 0 Å². The molecule has 0 bridgehead atoms.